The molecule has 1 aliphatic rings. The average molecular weight is 376 g/mol. The highest BCUT2D eigenvalue weighted by Crippen LogP contribution is 2.40. The highest BCUT2D eigenvalue weighted by atomic mass is 32.1. The predicted octanol–water partition coefficient (Wildman–Crippen LogP) is 5.96. The Morgan fingerprint density at radius 3 is 1.58 bits per heavy atom. The number of rotatable bonds is 2. The molecule has 0 aliphatic carbocycles. The summed E-state index contributed by atoms with van der Waals surface area (Å²) in [6, 6.07) is 21.3. The van der Waals surface area contributed by atoms with Gasteiger partial charge in [0.05, 0.1) is 10.0 Å². The van der Waals surface area contributed by atoms with E-state index in [1.807, 2.05) is 12.1 Å². The van der Waals surface area contributed by atoms with Crippen LogP contribution in [0.25, 0.3) is 20.9 Å². The van der Waals surface area contributed by atoms with Gasteiger partial charge in [-0.1, -0.05) is 24.3 Å². The third kappa shape index (κ3) is 2.66. The lowest BCUT2D eigenvalue weighted by molar-refractivity contribution is 1.16. The SMILES string of the molecule is Nc1ccc(-c2ccc3c(c2)Nc2cc(-c4ccc(N)s4)ccc2C3)s1. The maximum Gasteiger partial charge on any atom is 0.0862 e. The molecule has 5 heteroatoms. The minimum Gasteiger partial charge on any atom is -0.391 e. The molecule has 128 valence electrons. The zero-order chi connectivity index (χ0) is 17.7. The molecule has 3 nitrogen and oxygen atoms in total. The lowest BCUT2D eigenvalue weighted by Crippen LogP contribution is -2.06. The van der Waals surface area contributed by atoms with Crippen LogP contribution >= 0.6 is 22.7 Å². The summed E-state index contributed by atoms with van der Waals surface area (Å²) in [6.07, 6.45) is 0.942. The maximum absolute atomic E-state index is 5.89. The summed E-state index contributed by atoms with van der Waals surface area (Å²) in [4.78, 5) is 2.39. The summed E-state index contributed by atoms with van der Waals surface area (Å²) in [6.45, 7) is 0. The third-order valence-corrected chi connectivity index (χ3v) is 6.62. The van der Waals surface area contributed by atoms with Gasteiger partial charge >= 0.3 is 0 Å². The Morgan fingerprint density at radius 2 is 1.15 bits per heavy atom. The molecule has 4 aromatic rings. The Hall–Kier alpha value is -2.76. The van der Waals surface area contributed by atoms with Crippen molar-refractivity contribution in [2.24, 2.45) is 0 Å². The molecule has 0 radical (unpaired) electrons. The van der Waals surface area contributed by atoms with Gasteiger partial charge in [-0.3, -0.25) is 0 Å². The molecular weight excluding hydrogens is 358 g/mol. The lowest BCUT2D eigenvalue weighted by atomic mass is 9.94. The first kappa shape index (κ1) is 15.5. The molecule has 5 rings (SSSR count). The number of nitrogen functional groups attached to an aromatic ring is 2. The molecule has 0 bridgehead atoms. The predicted molar refractivity (Wildman–Crippen MR) is 114 cm³/mol. The van der Waals surface area contributed by atoms with E-state index in [-0.39, 0.29) is 0 Å². The van der Waals surface area contributed by atoms with E-state index >= 15 is 0 Å². The summed E-state index contributed by atoms with van der Waals surface area (Å²) in [5, 5.41) is 5.31. The number of hydrogen-bond donors (Lipinski definition) is 3. The molecule has 2 aromatic heterocycles. The van der Waals surface area contributed by atoms with Crippen molar-refractivity contribution in [1.82, 2.24) is 0 Å². The van der Waals surface area contributed by atoms with Gasteiger partial charge in [-0.05, 0) is 58.7 Å². The van der Waals surface area contributed by atoms with Gasteiger partial charge < -0.3 is 16.8 Å². The summed E-state index contributed by atoms with van der Waals surface area (Å²) >= 11 is 3.24. The number of thiophene rings is 2. The smallest absolute Gasteiger partial charge is 0.0862 e. The van der Waals surface area contributed by atoms with Gasteiger partial charge in [-0.15, -0.1) is 22.7 Å². The minimum absolute atomic E-state index is 0.843. The van der Waals surface area contributed by atoms with Gasteiger partial charge in [-0.25, -0.2) is 0 Å². The molecule has 0 saturated heterocycles. The van der Waals surface area contributed by atoms with Crippen molar-refractivity contribution in [3.05, 3.63) is 71.8 Å². The Bertz CT molecular complexity index is 1040. The fraction of sp³-hybridized carbons (Fsp3) is 0.0476. The van der Waals surface area contributed by atoms with Crippen LogP contribution in [0.5, 0.6) is 0 Å². The Morgan fingerprint density at radius 1 is 0.654 bits per heavy atom. The molecule has 0 atom stereocenters. The average Bonchev–Trinajstić information content (AvgIpc) is 3.27. The molecule has 2 aromatic carbocycles. The van der Waals surface area contributed by atoms with Gasteiger partial charge in [0.1, 0.15) is 0 Å². The molecule has 0 unspecified atom stereocenters. The zero-order valence-corrected chi connectivity index (χ0v) is 15.6. The van der Waals surface area contributed by atoms with E-state index in [4.69, 9.17) is 11.5 Å². The maximum atomic E-state index is 5.89. The molecule has 1 aliphatic heterocycles. The summed E-state index contributed by atoms with van der Waals surface area (Å²) in [5.41, 5.74) is 19.1. The summed E-state index contributed by atoms with van der Waals surface area (Å²) in [5.74, 6) is 0. The zero-order valence-electron chi connectivity index (χ0n) is 14.0. The standard InChI is InChI=1S/C21H17N3S2/c22-20-7-5-18(25-20)14-3-1-12-9-13-2-4-15(19-6-8-21(23)26-19)11-17(13)24-16(12)10-14/h1-8,10-11,24H,9,22-23H2. The fourth-order valence-corrected chi connectivity index (χ4v) is 4.91. The van der Waals surface area contributed by atoms with Crippen LogP contribution in [-0.4, -0.2) is 0 Å². The normalized spacial score (nSPS) is 12.3. The molecule has 0 spiro atoms. The van der Waals surface area contributed by atoms with E-state index in [1.165, 1.54) is 43.4 Å². The number of anilines is 4. The first-order valence-corrected chi connectivity index (χ1v) is 10.0. The van der Waals surface area contributed by atoms with Crippen molar-refractivity contribution in [3.63, 3.8) is 0 Å². The summed E-state index contributed by atoms with van der Waals surface area (Å²) in [7, 11) is 0. The first-order valence-electron chi connectivity index (χ1n) is 8.40. The second-order valence-corrected chi connectivity index (χ2v) is 8.68. The highest BCUT2D eigenvalue weighted by Gasteiger charge is 2.17. The summed E-state index contributed by atoms with van der Waals surface area (Å²) < 4.78 is 0. The Labute approximate surface area is 159 Å². The van der Waals surface area contributed by atoms with E-state index in [9.17, 15) is 0 Å². The van der Waals surface area contributed by atoms with Gasteiger partial charge in [0.15, 0.2) is 0 Å². The van der Waals surface area contributed by atoms with Crippen molar-refractivity contribution >= 4 is 44.1 Å². The number of hydrogen-bond acceptors (Lipinski definition) is 5. The fourth-order valence-electron chi connectivity index (χ4n) is 3.37. The Kier molecular flexibility index (Phi) is 3.51. The van der Waals surface area contributed by atoms with Crippen molar-refractivity contribution in [2.45, 2.75) is 6.42 Å². The highest BCUT2D eigenvalue weighted by molar-refractivity contribution is 7.19. The van der Waals surface area contributed by atoms with E-state index in [1.54, 1.807) is 22.7 Å². The molecule has 26 heavy (non-hydrogen) atoms. The third-order valence-electron chi connectivity index (χ3n) is 4.69. The van der Waals surface area contributed by atoms with Crippen LogP contribution in [0, 0.1) is 0 Å². The van der Waals surface area contributed by atoms with E-state index < -0.39 is 0 Å². The Balaban J connectivity index is 1.52. The molecule has 3 heterocycles. The molecular formula is C21H17N3S2. The van der Waals surface area contributed by atoms with Crippen molar-refractivity contribution in [1.29, 1.82) is 0 Å². The van der Waals surface area contributed by atoms with Crippen LogP contribution in [0.15, 0.2) is 60.7 Å². The van der Waals surface area contributed by atoms with Crippen LogP contribution in [0.4, 0.5) is 21.4 Å². The molecule has 5 N–H and O–H groups in total. The number of nitrogens with one attached hydrogen (secondary N) is 1. The largest absolute Gasteiger partial charge is 0.391 e. The monoisotopic (exact) mass is 375 g/mol. The van der Waals surface area contributed by atoms with Crippen LogP contribution in [-0.2, 0) is 6.42 Å². The second-order valence-electron chi connectivity index (χ2n) is 6.45. The van der Waals surface area contributed by atoms with E-state index in [0.717, 1.165) is 16.4 Å². The van der Waals surface area contributed by atoms with E-state index in [0.29, 0.717) is 0 Å². The molecule has 0 amide bonds. The van der Waals surface area contributed by atoms with Crippen LogP contribution in [0.2, 0.25) is 0 Å². The van der Waals surface area contributed by atoms with Crippen molar-refractivity contribution in [2.75, 3.05) is 16.8 Å². The van der Waals surface area contributed by atoms with Crippen molar-refractivity contribution < 1.29 is 0 Å². The van der Waals surface area contributed by atoms with Crippen LogP contribution in [0.3, 0.4) is 0 Å². The number of benzene rings is 2. The van der Waals surface area contributed by atoms with Crippen molar-refractivity contribution in [3.8, 4) is 20.9 Å². The molecule has 0 fully saturated rings. The molecule has 0 saturated carbocycles. The lowest BCUT2D eigenvalue weighted by Gasteiger charge is -2.22. The van der Waals surface area contributed by atoms with Gasteiger partial charge in [0, 0.05) is 27.5 Å². The topological polar surface area (TPSA) is 64.1 Å². The van der Waals surface area contributed by atoms with Crippen LogP contribution < -0.4 is 16.8 Å². The first-order chi connectivity index (χ1) is 12.7. The number of fused-ring (bicyclic) bond motifs is 2. The second kappa shape index (κ2) is 5.90. The minimum atomic E-state index is 0.843. The van der Waals surface area contributed by atoms with E-state index in [2.05, 4.69) is 53.8 Å². The number of nitrogens with two attached hydrogens (primary N) is 2. The van der Waals surface area contributed by atoms with Gasteiger partial charge in [-0.2, -0.15) is 0 Å². The van der Waals surface area contributed by atoms with Crippen LogP contribution in [0.1, 0.15) is 11.1 Å². The van der Waals surface area contributed by atoms with Gasteiger partial charge in [0.25, 0.3) is 0 Å². The van der Waals surface area contributed by atoms with Gasteiger partial charge in [0.2, 0.25) is 0 Å². The quantitative estimate of drug-likeness (QED) is 0.357.